The van der Waals surface area contributed by atoms with Gasteiger partial charge in [0.25, 0.3) is 11.9 Å². The number of aryl methyl sites for hydroxylation is 1. The molecule has 1 aromatic rings. The second-order valence-corrected chi connectivity index (χ2v) is 4.24. The summed E-state index contributed by atoms with van der Waals surface area (Å²) < 4.78 is 5.34. The Labute approximate surface area is 114 Å². The predicted molar refractivity (Wildman–Crippen MR) is 77.5 cm³/mol. The summed E-state index contributed by atoms with van der Waals surface area (Å²) in [6.07, 6.45) is 2.05. The quantitative estimate of drug-likeness (QED) is 0.504. The van der Waals surface area contributed by atoms with Crippen LogP contribution in [0.2, 0.25) is 0 Å². The first-order chi connectivity index (χ1) is 9.19. The van der Waals surface area contributed by atoms with Gasteiger partial charge in [0.1, 0.15) is 0 Å². The molecule has 0 saturated carbocycles. The number of benzene rings is 1. The SMILES string of the molecule is CCCCN=C(NC(=O)c1ccccc1C)OCC. The lowest BCUT2D eigenvalue weighted by Gasteiger charge is -2.10. The van der Waals surface area contributed by atoms with Crippen molar-refractivity contribution < 1.29 is 9.53 Å². The van der Waals surface area contributed by atoms with Gasteiger partial charge in [-0.2, -0.15) is 0 Å². The molecule has 0 fully saturated rings. The van der Waals surface area contributed by atoms with Crippen LogP contribution in [0, 0.1) is 6.92 Å². The molecule has 0 aliphatic heterocycles. The van der Waals surface area contributed by atoms with Gasteiger partial charge in [-0.15, -0.1) is 0 Å². The van der Waals surface area contributed by atoms with Crippen molar-refractivity contribution in [3.05, 3.63) is 35.4 Å². The predicted octanol–water partition coefficient (Wildman–Crippen LogP) is 2.92. The van der Waals surface area contributed by atoms with Crippen LogP contribution in [0.3, 0.4) is 0 Å². The first kappa shape index (κ1) is 15.2. The fourth-order valence-corrected chi connectivity index (χ4v) is 1.59. The highest BCUT2D eigenvalue weighted by atomic mass is 16.5. The smallest absolute Gasteiger partial charge is 0.291 e. The molecule has 4 heteroatoms. The van der Waals surface area contributed by atoms with Crippen molar-refractivity contribution >= 4 is 11.9 Å². The molecule has 0 saturated heterocycles. The second kappa shape index (κ2) is 8.29. The van der Waals surface area contributed by atoms with Gasteiger partial charge in [-0.05, 0) is 31.9 Å². The summed E-state index contributed by atoms with van der Waals surface area (Å²) in [6.45, 7) is 7.03. The molecule has 1 rings (SSSR count). The first-order valence-electron chi connectivity index (χ1n) is 6.73. The number of carbonyl (C=O) groups is 1. The third-order valence-electron chi connectivity index (χ3n) is 2.66. The van der Waals surface area contributed by atoms with Crippen LogP contribution in [-0.4, -0.2) is 25.1 Å². The van der Waals surface area contributed by atoms with Crippen molar-refractivity contribution in [2.24, 2.45) is 4.99 Å². The van der Waals surface area contributed by atoms with Gasteiger partial charge in [0, 0.05) is 12.1 Å². The Balaban J connectivity index is 2.71. The van der Waals surface area contributed by atoms with Gasteiger partial charge in [-0.1, -0.05) is 31.5 Å². The zero-order valence-electron chi connectivity index (χ0n) is 11.9. The topological polar surface area (TPSA) is 50.7 Å². The van der Waals surface area contributed by atoms with Crippen LogP contribution in [0.25, 0.3) is 0 Å². The molecule has 1 aromatic carbocycles. The van der Waals surface area contributed by atoms with Crippen molar-refractivity contribution in [1.82, 2.24) is 5.32 Å². The third kappa shape index (κ3) is 5.12. The van der Waals surface area contributed by atoms with Gasteiger partial charge in [0.15, 0.2) is 0 Å². The Morgan fingerprint density at radius 3 is 2.68 bits per heavy atom. The molecule has 0 aliphatic rings. The summed E-state index contributed by atoms with van der Waals surface area (Å²) in [5.41, 5.74) is 1.58. The van der Waals surface area contributed by atoms with Crippen molar-refractivity contribution in [3.63, 3.8) is 0 Å². The molecular weight excluding hydrogens is 240 g/mol. The third-order valence-corrected chi connectivity index (χ3v) is 2.66. The summed E-state index contributed by atoms with van der Waals surface area (Å²) in [5, 5.41) is 2.72. The van der Waals surface area contributed by atoms with E-state index in [0.29, 0.717) is 24.7 Å². The lowest BCUT2D eigenvalue weighted by Crippen LogP contribution is -2.33. The number of ether oxygens (including phenoxy) is 1. The number of carbonyl (C=O) groups excluding carboxylic acids is 1. The number of hydrogen-bond acceptors (Lipinski definition) is 3. The normalized spacial score (nSPS) is 11.2. The summed E-state index contributed by atoms with van der Waals surface area (Å²) in [6, 6.07) is 7.76. The van der Waals surface area contributed by atoms with E-state index >= 15 is 0 Å². The fraction of sp³-hybridized carbons (Fsp3) is 0.467. The Morgan fingerprint density at radius 1 is 1.32 bits per heavy atom. The van der Waals surface area contributed by atoms with Crippen LogP contribution in [0.1, 0.15) is 42.6 Å². The lowest BCUT2D eigenvalue weighted by atomic mass is 10.1. The van der Waals surface area contributed by atoms with Gasteiger partial charge in [-0.3, -0.25) is 10.1 Å². The molecule has 0 unspecified atom stereocenters. The van der Waals surface area contributed by atoms with Crippen molar-refractivity contribution in [3.8, 4) is 0 Å². The second-order valence-electron chi connectivity index (χ2n) is 4.24. The fourth-order valence-electron chi connectivity index (χ4n) is 1.59. The van der Waals surface area contributed by atoms with Crippen LogP contribution in [-0.2, 0) is 4.74 Å². The molecular formula is C15H22N2O2. The minimum atomic E-state index is -0.179. The lowest BCUT2D eigenvalue weighted by molar-refractivity contribution is 0.0965. The van der Waals surface area contributed by atoms with E-state index in [2.05, 4.69) is 17.2 Å². The number of hydrogen-bond donors (Lipinski definition) is 1. The van der Waals surface area contributed by atoms with E-state index in [1.807, 2.05) is 32.0 Å². The van der Waals surface area contributed by atoms with E-state index in [4.69, 9.17) is 4.74 Å². The number of aliphatic imine (C=N–C) groups is 1. The zero-order valence-corrected chi connectivity index (χ0v) is 11.9. The summed E-state index contributed by atoms with van der Waals surface area (Å²) >= 11 is 0. The molecule has 19 heavy (non-hydrogen) atoms. The van der Waals surface area contributed by atoms with Crippen LogP contribution in [0.4, 0.5) is 0 Å². The van der Waals surface area contributed by atoms with E-state index < -0.39 is 0 Å². The molecule has 0 aliphatic carbocycles. The van der Waals surface area contributed by atoms with Crippen LogP contribution < -0.4 is 5.32 Å². The van der Waals surface area contributed by atoms with Gasteiger partial charge in [0.05, 0.1) is 6.61 Å². The zero-order chi connectivity index (χ0) is 14.1. The number of nitrogens with zero attached hydrogens (tertiary/aromatic N) is 1. The molecule has 0 bridgehead atoms. The highest BCUT2D eigenvalue weighted by molar-refractivity contribution is 6.04. The Bertz CT molecular complexity index is 442. The monoisotopic (exact) mass is 262 g/mol. The van der Waals surface area contributed by atoms with Crippen LogP contribution in [0.5, 0.6) is 0 Å². The Kier molecular flexibility index (Phi) is 6.64. The standard InChI is InChI=1S/C15H22N2O2/c1-4-6-11-16-15(19-5-2)17-14(18)13-10-8-7-9-12(13)3/h7-10H,4-6,11H2,1-3H3,(H,16,17,18). The van der Waals surface area contributed by atoms with E-state index in [1.54, 1.807) is 6.07 Å². The summed E-state index contributed by atoms with van der Waals surface area (Å²) in [4.78, 5) is 16.4. The van der Waals surface area contributed by atoms with Crippen molar-refractivity contribution in [1.29, 1.82) is 0 Å². The number of unbranched alkanes of at least 4 members (excludes halogenated alkanes) is 1. The van der Waals surface area contributed by atoms with E-state index in [-0.39, 0.29) is 5.91 Å². The van der Waals surface area contributed by atoms with Crippen LogP contribution in [0.15, 0.2) is 29.3 Å². The number of amides is 1. The van der Waals surface area contributed by atoms with E-state index in [9.17, 15) is 4.79 Å². The molecule has 1 N–H and O–H groups in total. The molecule has 1 amide bonds. The van der Waals surface area contributed by atoms with Gasteiger partial charge in [0.2, 0.25) is 0 Å². The minimum absolute atomic E-state index is 0.179. The van der Waals surface area contributed by atoms with Crippen molar-refractivity contribution in [2.75, 3.05) is 13.2 Å². The molecule has 0 atom stereocenters. The summed E-state index contributed by atoms with van der Waals surface area (Å²) in [7, 11) is 0. The highest BCUT2D eigenvalue weighted by Gasteiger charge is 2.11. The maximum atomic E-state index is 12.1. The molecule has 0 spiro atoms. The Hall–Kier alpha value is -1.84. The molecule has 0 aromatic heterocycles. The first-order valence-corrected chi connectivity index (χ1v) is 6.73. The maximum absolute atomic E-state index is 12.1. The number of nitrogens with one attached hydrogen (secondary N) is 1. The molecule has 0 heterocycles. The minimum Gasteiger partial charge on any atom is -0.465 e. The van der Waals surface area contributed by atoms with E-state index in [1.165, 1.54) is 0 Å². The average molecular weight is 262 g/mol. The average Bonchev–Trinajstić information content (AvgIpc) is 2.39. The van der Waals surface area contributed by atoms with Gasteiger partial charge < -0.3 is 4.74 Å². The number of amidine groups is 1. The largest absolute Gasteiger partial charge is 0.465 e. The van der Waals surface area contributed by atoms with Crippen LogP contribution >= 0.6 is 0 Å². The molecule has 4 nitrogen and oxygen atoms in total. The molecule has 104 valence electrons. The number of rotatable bonds is 5. The van der Waals surface area contributed by atoms with Gasteiger partial charge >= 0.3 is 0 Å². The summed E-state index contributed by atoms with van der Waals surface area (Å²) in [5.74, 6) is -0.179. The van der Waals surface area contributed by atoms with Crippen molar-refractivity contribution in [2.45, 2.75) is 33.6 Å². The maximum Gasteiger partial charge on any atom is 0.291 e. The highest BCUT2D eigenvalue weighted by Crippen LogP contribution is 2.06. The van der Waals surface area contributed by atoms with Gasteiger partial charge in [-0.25, -0.2) is 4.99 Å². The van der Waals surface area contributed by atoms with E-state index in [0.717, 1.165) is 18.4 Å². The Morgan fingerprint density at radius 2 is 2.05 bits per heavy atom. The molecule has 0 radical (unpaired) electrons.